The van der Waals surface area contributed by atoms with Gasteiger partial charge >= 0.3 is 0 Å². The molecule has 0 aromatic heterocycles. The fourth-order valence-electron chi connectivity index (χ4n) is 16.4. The zero-order valence-corrected chi connectivity index (χ0v) is 70.1. The summed E-state index contributed by atoms with van der Waals surface area (Å²) in [4.78, 5) is 0. The van der Waals surface area contributed by atoms with Gasteiger partial charge in [-0.15, -0.1) is 7.92 Å². The van der Waals surface area contributed by atoms with E-state index in [2.05, 4.69) is 20.8 Å². The smallest absolute Gasteiger partial charge is 0.0326 e. The zero-order valence-electron chi connectivity index (χ0n) is 69.2. The van der Waals surface area contributed by atoms with Crippen molar-refractivity contribution in [1.29, 1.82) is 0 Å². The second kappa shape index (κ2) is 94.4. The maximum absolute atomic E-state index is 2.32. The number of hydrogen-bond donors (Lipinski definition) is 0. The topological polar surface area (TPSA) is 0 Å². The average molecular weight is 1380 g/mol. The Labute approximate surface area is 621 Å². The summed E-state index contributed by atoms with van der Waals surface area (Å²) in [6.07, 6.45) is 139. The van der Waals surface area contributed by atoms with E-state index >= 15 is 0 Å². The van der Waals surface area contributed by atoms with E-state index in [1.165, 1.54) is 559 Å². The lowest BCUT2D eigenvalue weighted by Crippen LogP contribution is -1.97. The van der Waals surface area contributed by atoms with Crippen molar-refractivity contribution in [3.05, 3.63) is 0 Å². The summed E-state index contributed by atoms with van der Waals surface area (Å²) in [5.41, 5.74) is 0. The molecule has 97 heavy (non-hydrogen) atoms. The zero-order chi connectivity index (χ0) is 69.3. The van der Waals surface area contributed by atoms with Crippen molar-refractivity contribution < 1.29 is 0 Å². The standard InChI is InChI=1S/C96H195P/c1-4-7-10-13-16-19-22-25-28-31-34-37-40-43-46-49-52-55-58-61-64-67-70-73-76-79-82-85-88-91-94-97(95-92-89-86-83-80-77-74-71-68-65-62-59-56-53-50-47-44-41-38-35-32-29-26-23-20-17-14-11-8-5-2)96-93-90-87-84-81-78-75-72-69-66-63-60-57-54-51-48-45-42-39-36-33-30-27-24-21-18-15-12-9-6-3/h4-96H2,1-3H3. The van der Waals surface area contributed by atoms with Gasteiger partial charge in [0.1, 0.15) is 0 Å². The highest BCUT2D eigenvalue weighted by molar-refractivity contribution is 7.57. The Morgan fingerprint density at radius 3 is 0.216 bits per heavy atom. The minimum atomic E-state index is 0.287. The second-order valence-corrected chi connectivity index (χ2v) is 36.3. The SMILES string of the molecule is CCCCCCCCCCCCCCCCCCCCCCCCCCCCCCCCP(CCCCCCCCCCCCCCCCCCCCCCCCCCCCCCCC)CCCCCCCCCCCCCCCCCCCCCCCCCCCCCCCC. The van der Waals surface area contributed by atoms with Crippen LogP contribution in [0.2, 0.25) is 0 Å². The van der Waals surface area contributed by atoms with Crippen molar-refractivity contribution in [2.75, 3.05) is 18.5 Å². The van der Waals surface area contributed by atoms with Crippen LogP contribution in [0.5, 0.6) is 0 Å². The Morgan fingerprint density at radius 2 is 0.144 bits per heavy atom. The summed E-state index contributed by atoms with van der Waals surface area (Å²) in [6.45, 7) is 6.97. The van der Waals surface area contributed by atoms with Gasteiger partial charge in [-0.3, -0.25) is 0 Å². The van der Waals surface area contributed by atoms with Gasteiger partial charge in [0.2, 0.25) is 0 Å². The summed E-state index contributed by atoms with van der Waals surface area (Å²) in [6, 6.07) is 0. The molecular formula is C96H195P. The molecule has 0 fully saturated rings. The number of unbranched alkanes of at least 4 members (excludes halogenated alkanes) is 87. The lowest BCUT2D eigenvalue weighted by Gasteiger charge is -2.18. The second-order valence-electron chi connectivity index (χ2n) is 33.6. The van der Waals surface area contributed by atoms with E-state index in [9.17, 15) is 0 Å². The fourth-order valence-corrected chi connectivity index (χ4v) is 19.1. The van der Waals surface area contributed by atoms with Crippen LogP contribution in [-0.4, -0.2) is 18.5 Å². The molecule has 0 aromatic carbocycles. The third-order valence-electron chi connectivity index (χ3n) is 23.5. The third kappa shape index (κ3) is 92.5. The van der Waals surface area contributed by atoms with Crippen molar-refractivity contribution >= 4 is 7.92 Å². The lowest BCUT2D eigenvalue weighted by atomic mass is 10.0. The van der Waals surface area contributed by atoms with Crippen LogP contribution in [0.4, 0.5) is 0 Å². The summed E-state index contributed by atoms with van der Waals surface area (Å²) < 4.78 is 0. The van der Waals surface area contributed by atoms with Crippen molar-refractivity contribution in [3.8, 4) is 0 Å². The molecule has 0 aromatic rings. The molecule has 0 radical (unpaired) electrons. The molecule has 0 spiro atoms. The highest BCUT2D eigenvalue weighted by Crippen LogP contribution is 2.40. The number of rotatable bonds is 93. The number of hydrogen-bond acceptors (Lipinski definition) is 0. The van der Waals surface area contributed by atoms with E-state index in [0.29, 0.717) is 0 Å². The van der Waals surface area contributed by atoms with Crippen molar-refractivity contribution in [2.45, 2.75) is 599 Å². The van der Waals surface area contributed by atoms with Crippen LogP contribution in [0.25, 0.3) is 0 Å². The first-order chi connectivity index (χ1) is 48.3. The molecule has 0 rings (SSSR count). The van der Waals surface area contributed by atoms with Gasteiger partial charge in [0, 0.05) is 0 Å². The van der Waals surface area contributed by atoms with Gasteiger partial charge in [-0.2, -0.15) is 0 Å². The Balaban J connectivity index is 4.01. The summed E-state index contributed by atoms with van der Waals surface area (Å²) in [5.74, 6) is 0. The van der Waals surface area contributed by atoms with Gasteiger partial charge < -0.3 is 0 Å². The van der Waals surface area contributed by atoms with Gasteiger partial charge in [0.15, 0.2) is 0 Å². The molecule has 0 aliphatic heterocycles. The molecule has 0 N–H and O–H groups in total. The first-order valence-electron chi connectivity index (χ1n) is 48.1. The van der Waals surface area contributed by atoms with Crippen LogP contribution in [0, 0.1) is 0 Å². The van der Waals surface area contributed by atoms with E-state index < -0.39 is 0 Å². The minimum Gasteiger partial charge on any atom is -0.107 e. The van der Waals surface area contributed by atoms with Gasteiger partial charge in [-0.25, -0.2) is 0 Å². The van der Waals surface area contributed by atoms with E-state index in [-0.39, 0.29) is 7.92 Å². The molecule has 584 valence electrons. The molecule has 0 heterocycles. The molecule has 0 aliphatic rings. The van der Waals surface area contributed by atoms with Crippen molar-refractivity contribution in [3.63, 3.8) is 0 Å². The van der Waals surface area contributed by atoms with Crippen LogP contribution in [0.1, 0.15) is 599 Å². The maximum Gasteiger partial charge on any atom is -0.0326 e. The monoisotopic (exact) mass is 1380 g/mol. The van der Waals surface area contributed by atoms with E-state index in [1.54, 1.807) is 37.7 Å². The van der Waals surface area contributed by atoms with E-state index in [1.807, 2.05) is 0 Å². The molecule has 0 saturated heterocycles. The molecule has 0 saturated carbocycles. The Bertz CT molecular complexity index is 1120. The van der Waals surface area contributed by atoms with E-state index in [0.717, 1.165) is 0 Å². The summed E-state index contributed by atoms with van der Waals surface area (Å²) in [7, 11) is 0.287. The Morgan fingerprint density at radius 1 is 0.0825 bits per heavy atom. The molecule has 0 amide bonds. The van der Waals surface area contributed by atoms with Gasteiger partial charge in [-0.1, -0.05) is 579 Å². The molecule has 0 nitrogen and oxygen atoms in total. The van der Waals surface area contributed by atoms with Crippen molar-refractivity contribution in [1.82, 2.24) is 0 Å². The fraction of sp³-hybridized carbons (Fsp3) is 1.00. The third-order valence-corrected chi connectivity index (χ3v) is 26.3. The largest absolute Gasteiger partial charge is 0.107 e. The first kappa shape index (κ1) is 97.4. The Hall–Kier alpha value is 0.430. The van der Waals surface area contributed by atoms with Crippen molar-refractivity contribution in [2.24, 2.45) is 0 Å². The minimum absolute atomic E-state index is 0.287. The molecular weight excluding hydrogens is 1180 g/mol. The van der Waals surface area contributed by atoms with Gasteiger partial charge in [0.05, 0.1) is 0 Å². The van der Waals surface area contributed by atoms with Crippen LogP contribution in [0.15, 0.2) is 0 Å². The van der Waals surface area contributed by atoms with Crippen LogP contribution < -0.4 is 0 Å². The molecule has 1 heteroatoms. The van der Waals surface area contributed by atoms with Crippen LogP contribution in [-0.2, 0) is 0 Å². The van der Waals surface area contributed by atoms with E-state index in [4.69, 9.17) is 0 Å². The first-order valence-corrected chi connectivity index (χ1v) is 50.0. The maximum atomic E-state index is 2.32. The molecule has 0 atom stereocenters. The summed E-state index contributed by atoms with van der Waals surface area (Å²) in [5, 5.41) is 0. The molecule has 0 bridgehead atoms. The highest BCUT2D eigenvalue weighted by atomic mass is 31.1. The quantitative estimate of drug-likeness (QED) is 0.0421. The Kier molecular flexibility index (Phi) is 94.9. The highest BCUT2D eigenvalue weighted by Gasteiger charge is 2.09. The lowest BCUT2D eigenvalue weighted by molar-refractivity contribution is 0.513. The normalized spacial score (nSPS) is 11.9. The molecule has 0 aliphatic carbocycles. The van der Waals surface area contributed by atoms with Crippen LogP contribution in [0.3, 0.4) is 0 Å². The van der Waals surface area contributed by atoms with Gasteiger partial charge in [-0.05, 0) is 37.7 Å². The predicted molar refractivity (Wildman–Crippen MR) is 454 cm³/mol. The molecule has 0 unspecified atom stereocenters. The van der Waals surface area contributed by atoms with Gasteiger partial charge in [0.25, 0.3) is 0 Å². The average Bonchev–Trinajstić information content (AvgIpc) is 3.75. The summed E-state index contributed by atoms with van der Waals surface area (Å²) >= 11 is 0. The predicted octanol–water partition coefficient (Wildman–Crippen LogP) is 37.6. The van der Waals surface area contributed by atoms with Crippen LogP contribution >= 0.6 is 7.92 Å².